The molecule has 19 heavy (non-hydrogen) atoms. The molecule has 106 valence electrons. The average molecular weight is 303 g/mol. The Balaban J connectivity index is 2.26. The molecular formula is C13H20Cl2N4. The van der Waals surface area contributed by atoms with Gasteiger partial charge in [-0.1, -0.05) is 23.2 Å². The molecular weight excluding hydrogens is 283 g/mol. The quantitative estimate of drug-likeness (QED) is 0.930. The Hall–Kier alpha value is -0.710. The van der Waals surface area contributed by atoms with Crippen molar-refractivity contribution in [1.82, 2.24) is 9.88 Å². The van der Waals surface area contributed by atoms with Crippen LogP contribution in [0.3, 0.4) is 0 Å². The van der Waals surface area contributed by atoms with E-state index in [1.165, 1.54) is 0 Å². The monoisotopic (exact) mass is 302 g/mol. The highest BCUT2D eigenvalue weighted by Crippen LogP contribution is 2.32. The van der Waals surface area contributed by atoms with Crippen molar-refractivity contribution < 1.29 is 0 Å². The van der Waals surface area contributed by atoms with Crippen LogP contribution < -0.4 is 10.2 Å². The van der Waals surface area contributed by atoms with E-state index in [1.807, 2.05) is 6.92 Å². The minimum absolute atomic E-state index is 0.491. The molecule has 1 aromatic heterocycles. The number of halogens is 2. The maximum absolute atomic E-state index is 6.29. The Kier molecular flexibility index (Phi) is 4.76. The van der Waals surface area contributed by atoms with Crippen molar-refractivity contribution in [1.29, 1.82) is 0 Å². The molecule has 0 spiro atoms. The Labute approximate surface area is 124 Å². The number of nitrogens with one attached hydrogen (secondary N) is 1. The van der Waals surface area contributed by atoms with Gasteiger partial charge in [0.25, 0.3) is 0 Å². The Morgan fingerprint density at radius 3 is 2.74 bits per heavy atom. The molecule has 1 aromatic rings. The zero-order chi connectivity index (χ0) is 14.0. The van der Waals surface area contributed by atoms with Crippen molar-refractivity contribution in [2.75, 3.05) is 43.4 Å². The van der Waals surface area contributed by atoms with Crippen LogP contribution in [0, 0.1) is 0 Å². The lowest BCUT2D eigenvalue weighted by molar-refractivity contribution is 0.233. The van der Waals surface area contributed by atoms with Crippen molar-refractivity contribution in [2.45, 2.75) is 19.9 Å². The lowest BCUT2D eigenvalue weighted by Gasteiger charge is -2.38. The lowest BCUT2D eigenvalue weighted by Crippen LogP contribution is -2.50. The molecule has 1 N–H and O–H groups in total. The molecule has 6 heteroatoms. The topological polar surface area (TPSA) is 31.4 Å². The Bertz CT molecular complexity index is 453. The van der Waals surface area contributed by atoms with Gasteiger partial charge in [-0.15, -0.1) is 0 Å². The number of hydrogen-bond donors (Lipinski definition) is 1. The molecule has 2 rings (SSSR count). The first-order chi connectivity index (χ1) is 9.02. The fourth-order valence-corrected chi connectivity index (χ4v) is 2.76. The van der Waals surface area contributed by atoms with Crippen LogP contribution in [-0.4, -0.2) is 49.2 Å². The van der Waals surface area contributed by atoms with Crippen LogP contribution in [0.15, 0.2) is 6.07 Å². The van der Waals surface area contributed by atoms with E-state index in [0.29, 0.717) is 21.9 Å². The van der Waals surface area contributed by atoms with E-state index in [0.717, 1.165) is 32.0 Å². The van der Waals surface area contributed by atoms with E-state index < -0.39 is 0 Å². The van der Waals surface area contributed by atoms with E-state index in [9.17, 15) is 0 Å². The van der Waals surface area contributed by atoms with Gasteiger partial charge in [0, 0.05) is 32.2 Å². The number of likely N-dealkylation sites (N-methyl/N-ethyl adjacent to an activating group) is 1. The molecule has 1 fully saturated rings. The molecule has 1 aliphatic rings. The molecule has 1 unspecified atom stereocenters. The van der Waals surface area contributed by atoms with Crippen LogP contribution >= 0.6 is 23.2 Å². The predicted octanol–water partition coefficient (Wildman–Crippen LogP) is 2.96. The third kappa shape index (κ3) is 3.25. The van der Waals surface area contributed by atoms with E-state index >= 15 is 0 Å². The number of aromatic nitrogens is 1. The molecule has 0 aromatic carbocycles. The van der Waals surface area contributed by atoms with Gasteiger partial charge >= 0.3 is 0 Å². The number of hydrogen-bond acceptors (Lipinski definition) is 4. The molecule has 4 nitrogen and oxygen atoms in total. The van der Waals surface area contributed by atoms with Crippen LogP contribution in [0.25, 0.3) is 0 Å². The minimum Gasteiger partial charge on any atom is -0.369 e. The summed E-state index contributed by atoms with van der Waals surface area (Å²) in [6.07, 6.45) is 0. The molecule has 0 radical (unpaired) electrons. The van der Waals surface area contributed by atoms with Crippen LogP contribution in [-0.2, 0) is 0 Å². The van der Waals surface area contributed by atoms with Gasteiger partial charge in [-0.2, -0.15) is 0 Å². The van der Waals surface area contributed by atoms with E-state index in [-0.39, 0.29) is 0 Å². The maximum atomic E-state index is 6.29. The maximum Gasteiger partial charge on any atom is 0.150 e. The largest absolute Gasteiger partial charge is 0.369 e. The molecule has 1 saturated heterocycles. The molecule has 0 aliphatic carbocycles. The molecule has 2 heterocycles. The van der Waals surface area contributed by atoms with Gasteiger partial charge in [0.15, 0.2) is 0 Å². The van der Waals surface area contributed by atoms with Crippen LogP contribution in [0.4, 0.5) is 11.6 Å². The first-order valence-corrected chi connectivity index (χ1v) is 7.33. The first kappa shape index (κ1) is 14.7. The number of anilines is 2. The van der Waals surface area contributed by atoms with Gasteiger partial charge < -0.3 is 15.1 Å². The average Bonchev–Trinajstić information content (AvgIpc) is 2.36. The third-order valence-corrected chi connectivity index (χ3v) is 4.08. The van der Waals surface area contributed by atoms with Crippen molar-refractivity contribution >= 4 is 34.8 Å². The van der Waals surface area contributed by atoms with Crippen molar-refractivity contribution in [3.8, 4) is 0 Å². The SMILES string of the molecule is CCNc1nc(N2CCN(C)C(C)C2)c(Cl)cc1Cl. The van der Waals surface area contributed by atoms with Gasteiger partial charge in [0.05, 0.1) is 10.0 Å². The number of rotatable bonds is 3. The third-order valence-electron chi connectivity index (χ3n) is 3.51. The van der Waals surface area contributed by atoms with E-state index in [1.54, 1.807) is 6.07 Å². The highest BCUT2D eigenvalue weighted by atomic mass is 35.5. The molecule has 0 saturated carbocycles. The van der Waals surface area contributed by atoms with Gasteiger partial charge in [0.2, 0.25) is 0 Å². The summed E-state index contributed by atoms with van der Waals surface area (Å²) < 4.78 is 0. The summed E-state index contributed by atoms with van der Waals surface area (Å²) in [6.45, 7) is 7.88. The van der Waals surface area contributed by atoms with Crippen molar-refractivity contribution in [3.63, 3.8) is 0 Å². The summed E-state index contributed by atoms with van der Waals surface area (Å²) >= 11 is 12.4. The second-order valence-corrected chi connectivity index (χ2v) is 5.74. The van der Waals surface area contributed by atoms with Crippen LogP contribution in [0.1, 0.15) is 13.8 Å². The number of pyridine rings is 1. The Morgan fingerprint density at radius 1 is 1.37 bits per heavy atom. The highest BCUT2D eigenvalue weighted by molar-refractivity contribution is 6.37. The second-order valence-electron chi connectivity index (χ2n) is 4.93. The number of piperazine rings is 1. The van der Waals surface area contributed by atoms with Crippen molar-refractivity contribution in [2.24, 2.45) is 0 Å². The first-order valence-electron chi connectivity index (χ1n) is 6.58. The standard InChI is InChI=1S/C13H20Cl2N4/c1-4-16-12-10(14)7-11(15)13(17-12)19-6-5-18(3)9(2)8-19/h7,9H,4-6,8H2,1-3H3,(H,16,17). The van der Waals surface area contributed by atoms with Crippen molar-refractivity contribution in [3.05, 3.63) is 16.1 Å². The lowest BCUT2D eigenvalue weighted by atomic mass is 10.2. The van der Waals surface area contributed by atoms with Gasteiger partial charge in [-0.25, -0.2) is 4.98 Å². The minimum atomic E-state index is 0.491. The molecule has 0 amide bonds. The zero-order valence-corrected chi connectivity index (χ0v) is 13.1. The molecule has 0 bridgehead atoms. The second kappa shape index (κ2) is 6.16. The smallest absolute Gasteiger partial charge is 0.150 e. The summed E-state index contributed by atoms with van der Waals surface area (Å²) in [4.78, 5) is 9.14. The van der Waals surface area contributed by atoms with Gasteiger partial charge in [0.1, 0.15) is 11.6 Å². The summed E-state index contributed by atoms with van der Waals surface area (Å²) in [7, 11) is 2.14. The molecule has 1 aliphatic heterocycles. The fourth-order valence-electron chi connectivity index (χ4n) is 2.21. The summed E-state index contributed by atoms with van der Waals surface area (Å²) in [5, 5.41) is 4.35. The van der Waals surface area contributed by atoms with Gasteiger partial charge in [-0.3, -0.25) is 0 Å². The summed E-state index contributed by atoms with van der Waals surface area (Å²) in [6, 6.07) is 2.26. The van der Waals surface area contributed by atoms with E-state index in [4.69, 9.17) is 23.2 Å². The summed E-state index contributed by atoms with van der Waals surface area (Å²) in [5.41, 5.74) is 0. The zero-order valence-electron chi connectivity index (χ0n) is 11.6. The highest BCUT2D eigenvalue weighted by Gasteiger charge is 2.24. The van der Waals surface area contributed by atoms with Crippen LogP contribution in [0.5, 0.6) is 0 Å². The van der Waals surface area contributed by atoms with Gasteiger partial charge in [-0.05, 0) is 27.0 Å². The molecule has 1 atom stereocenters. The van der Waals surface area contributed by atoms with Crippen LogP contribution in [0.2, 0.25) is 10.0 Å². The predicted molar refractivity (Wildman–Crippen MR) is 82.7 cm³/mol. The van der Waals surface area contributed by atoms with E-state index in [2.05, 4.69) is 34.1 Å². The normalized spacial score (nSPS) is 20.7. The fraction of sp³-hybridized carbons (Fsp3) is 0.615. The summed E-state index contributed by atoms with van der Waals surface area (Å²) in [5.74, 6) is 1.53. The Morgan fingerprint density at radius 2 is 2.11 bits per heavy atom. The number of nitrogens with zero attached hydrogens (tertiary/aromatic N) is 3.